The van der Waals surface area contributed by atoms with Crippen molar-refractivity contribution in [1.82, 2.24) is 0 Å². The molecule has 0 unspecified atom stereocenters. The zero-order chi connectivity index (χ0) is 22.5. The van der Waals surface area contributed by atoms with Gasteiger partial charge in [-0.1, -0.05) is 174 Å². The van der Waals surface area contributed by atoms with E-state index in [4.69, 9.17) is 5.26 Å². The summed E-state index contributed by atoms with van der Waals surface area (Å²) in [5.41, 5.74) is 0. The summed E-state index contributed by atoms with van der Waals surface area (Å²) < 4.78 is 0. The van der Waals surface area contributed by atoms with Gasteiger partial charge in [0.05, 0.1) is 6.07 Å². The Hall–Kier alpha value is -0.510. The molecule has 0 aliphatic rings. The number of hydrogen-bond acceptors (Lipinski definition) is 1. The zero-order valence-corrected chi connectivity index (χ0v) is 21.7. The summed E-state index contributed by atoms with van der Waals surface area (Å²) >= 11 is 0. The molecule has 0 aliphatic heterocycles. The summed E-state index contributed by atoms with van der Waals surface area (Å²) in [5, 5.41) is 8.51. The Bertz CT molecular complexity index is 343. The highest BCUT2D eigenvalue weighted by Gasteiger charge is 1.96. The molecule has 0 spiro atoms. The second-order valence-electron chi connectivity index (χ2n) is 10.1. The monoisotopic (exact) mass is 433 g/mol. The first-order chi connectivity index (χ1) is 15.4. The van der Waals surface area contributed by atoms with Crippen LogP contribution in [-0.4, -0.2) is 0 Å². The molecule has 0 N–H and O–H groups in total. The predicted octanol–water partition coefficient (Wildman–Crippen LogP) is 11.5. The van der Waals surface area contributed by atoms with E-state index in [-0.39, 0.29) is 0 Å². The smallest absolute Gasteiger partial charge is 0.0621 e. The van der Waals surface area contributed by atoms with Gasteiger partial charge in [0.1, 0.15) is 0 Å². The molecule has 0 amide bonds. The molecule has 0 radical (unpaired) electrons. The lowest BCUT2D eigenvalue weighted by Crippen LogP contribution is -1.84. The summed E-state index contributed by atoms with van der Waals surface area (Å²) in [6.07, 6.45) is 39.5. The van der Waals surface area contributed by atoms with Crippen LogP contribution in [-0.2, 0) is 0 Å². The van der Waals surface area contributed by atoms with Crippen LogP contribution in [0.5, 0.6) is 0 Å². The van der Waals surface area contributed by atoms with Crippen molar-refractivity contribution in [2.24, 2.45) is 0 Å². The molecule has 1 heteroatoms. The second kappa shape index (κ2) is 29.5. The minimum Gasteiger partial charge on any atom is -0.198 e. The van der Waals surface area contributed by atoms with Crippen molar-refractivity contribution in [2.75, 3.05) is 0 Å². The van der Waals surface area contributed by atoms with Gasteiger partial charge in [-0.05, 0) is 6.42 Å². The third kappa shape index (κ3) is 29.5. The third-order valence-corrected chi connectivity index (χ3v) is 6.89. The van der Waals surface area contributed by atoms with E-state index in [9.17, 15) is 0 Å². The molecule has 0 atom stereocenters. The molecule has 31 heavy (non-hydrogen) atoms. The van der Waals surface area contributed by atoms with E-state index < -0.39 is 0 Å². The molecule has 0 bridgehead atoms. The fraction of sp³-hybridized carbons (Fsp3) is 0.967. The third-order valence-electron chi connectivity index (χ3n) is 6.89. The molecule has 0 aromatic carbocycles. The van der Waals surface area contributed by atoms with Crippen LogP contribution < -0.4 is 0 Å². The van der Waals surface area contributed by atoms with Gasteiger partial charge >= 0.3 is 0 Å². The molecule has 0 heterocycles. The van der Waals surface area contributed by atoms with Crippen LogP contribution >= 0.6 is 0 Å². The van der Waals surface area contributed by atoms with Crippen molar-refractivity contribution < 1.29 is 0 Å². The van der Waals surface area contributed by atoms with Gasteiger partial charge in [-0.15, -0.1) is 0 Å². The van der Waals surface area contributed by atoms with Crippen LogP contribution in [0.15, 0.2) is 0 Å². The molecular formula is C30H59N. The van der Waals surface area contributed by atoms with Crippen molar-refractivity contribution in [2.45, 2.75) is 187 Å². The van der Waals surface area contributed by atoms with Crippen LogP contribution in [0.3, 0.4) is 0 Å². The maximum Gasteiger partial charge on any atom is 0.0621 e. The molecular weight excluding hydrogens is 374 g/mol. The highest BCUT2D eigenvalue weighted by molar-refractivity contribution is 4.67. The first-order valence-electron chi connectivity index (χ1n) is 14.8. The Morgan fingerprint density at radius 3 is 0.710 bits per heavy atom. The molecule has 1 nitrogen and oxygen atoms in total. The van der Waals surface area contributed by atoms with Crippen LogP contribution in [0.25, 0.3) is 0 Å². The highest BCUT2D eigenvalue weighted by atomic mass is 14.2. The largest absolute Gasteiger partial charge is 0.198 e. The summed E-state index contributed by atoms with van der Waals surface area (Å²) in [7, 11) is 0. The van der Waals surface area contributed by atoms with Gasteiger partial charge in [0.2, 0.25) is 0 Å². The van der Waals surface area contributed by atoms with Crippen molar-refractivity contribution in [3.05, 3.63) is 0 Å². The Morgan fingerprint density at radius 2 is 0.516 bits per heavy atom. The first kappa shape index (κ1) is 30.5. The van der Waals surface area contributed by atoms with Crippen molar-refractivity contribution >= 4 is 0 Å². The maximum absolute atomic E-state index is 8.51. The summed E-state index contributed by atoms with van der Waals surface area (Å²) in [6, 6.07) is 2.24. The number of hydrogen-bond donors (Lipinski definition) is 0. The number of nitriles is 1. The van der Waals surface area contributed by atoms with E-state index >= 15 is 0 Å². The molecule has 0 fully saturated rings. The van der Waals surface area contributed by atoms with Gasteiger partial charge in [0, 0.05) is 6.42 Å². The van der Waals surface area contributed by atoms with E-state index in [2.05, 4.69) is 13.0 Å². The summed E-state index contributed by atoms with van der Waals surface area (Å²) in [6.45, 7) is 2.30. The van der Waals surface area contributed by atoms with E-state index in [1.807, 2.05) is 0 Å². The van der Waals surface area contributed by atoms with Gasteiger partial charge in [-0.2, -0.15) is 5.26 Å². The van der Waals surface area contributed by atoms with E-state index in [0.717, 1.165) is 12.8 Å². The van der Waals surface area contributed by atoms with E-state index in [0.29, 0.717) is 0 Å². The average Bonchev–Trinajstić information content (AvgIpc) is 2.78. The topological polar surface area (TPSA) is 23.8 Å². The molecule has 0 aromatic rings. The van der Waals surface area contributed by atoms with Crippen molar-refractivity contribution in [3.8, 4) is 6.07 Å². The molecule has 184 valence electrons. The molecule has 0 aliphatic carbocycles. The van der Waals surface area contributed by atoms with Gasteiger partial charge in [-0.25, -0.2) is 0 Å². The predicted molar refractivity (Wildman–Crippen MR) is 141 cm³/mol. The quantitative estimate of drug-likeness (QED) is 0.118. The van der Waals surface area contributed by atoms with Crippen LogP contribution in [0.1, 0.15) is 187 Å². The van der Waals surface area contributed by atoms with E-state index in [1.54, 1.807) is 0 Å². The Labute approximate surface area is 198 Å². The highest BCUT2D eigenvalue weighted by Crippen LogP contribution is 2.16. The Kier molecular flexibility index (Phi) is 29.0. The zero-order valence-electron chi connectivity index (χ0n) is 21.7. The lowest BCUT2D eigenvalue weighted by molar-refractivity contribution is 0.515. The normalized spacial score (nSPS) is 11.1. The summed E-state index contributed by atoms with van der Waals surface area (Å²) in [4.78, 5) is 0. The van der Waals surface area contributed by atoms with Crippen LogP contribution in [0.4, 0.5) is 0 Å². The van der Waals surface area contributed by atoms with Crippen LogP contribution in [0.2, 0.25) is 0 Å². The van der Waals surface area contributed by atoms with Crippen molar-refractivity contribution in [1.29, 1.82) is 5.26 Å². The summed E-state index contributed by atoms with van der Waals surface area (Å²) in [5.74, 6) is 0. The van der Waals surface area contributed by atoms with Gasteiger partial charge in [0.15, 0.2) is 0 Å². The standard InChI is InChI=1S/C30H59N/c1-2-3-4-5-6-7-8-9-10-11-12-13-14-15-16-17-18-19-20-21-22-23-24-25-26-27-28-29-30-31/h2-29H2,1H3. The minimum absolute atomic E-state index is 0.749. The number of rotatable bonds is 27. The average molecular weight is 434 g/mol. The van der Waals surface area contributed by atoms with Gasteiger partial charge < -0.3 is 0 Å². The number of unbranched alkanes of at least 4 members (excludes halogenated alkanes) is 27. The lowest BCUT2D eigenvalue weighted by Gasteiger charge is -2.04. The molecule has 0 saturated carbocycles. The molecule has 0 aromatic heterocycles. The van der Waals surface area contributed by atoms with Crippen LogP contribution in [0, 0.1) is 11.3 Å². The van der Waals surface area contributed by atoms with Crippen molar-refractivity contribution in [3.63, 3.8) is 0 Å². The fourth-order valence-electron chi connectivity index (χ4n) is 4.70. The van der Waals surface area contributed by atoms with E-state index in [1.165, 1.54) is 167 Å². The first-order valence-corrected chi connectivity index (χ1v) is 14.8. The van der Waals surface area contributed by atoms with Gasteiger partial charge in [-0.3, -0.25) is 0 Å². The lowest BCUT2D eigenvalue weighted by atomic mass is 10.0. The van der Waals surface area contributed by atoms with Gasteiger partial charge in [0.25, 0.3) is 0 Å². The maximum atomic E-state index is 8.51. The Balaban J connectivity index is 2.99. The SMILES string of the molecule is CCCCCCCCCCCCCCCCCCCCCCCCCCCCCC#N. The molecule has 0 rings (SSSR count). The second-order valence-corrected chi connectivity index (χ2v) is 10.1. The Morgan fingerprint density at radius 1 is 0.323 bits per heavy atom. The fourth-order valence-corrected chi connectivity index (χ4v) is 4.70. The minimum atomic E-state index is 0.749. The molecule has 0 saturated heterocycles. The number of nitrogens with zero attached hydrogens (tertiary/aromatic N) is 1.